The third-order valence-corrected chi connectivity index (χ3v) is 3.81. The number of hydrogen-bond donors (Lipinski definition) is 2. The van der Waals surface area contributed by atoms with Gasteiger partial charge < -0.3 is 16.0 Å². The van der Waals surface area contributed by atoms with Crippen molar-refractivity contribution in [2.45, 2.75) is 52.1 Å². The lowest BCUT2D eigenvalue weighted by Gasteiger charge is -2.33. The Kier molecular flexibility index (Phi) is 5.79. The average Bonchev–Trinajstić information content (AvgIpc) is 2.30. The van der Waals surface area contributed by atoms with Gasteiger partial charge in [-0.25, -0.2) is 0 Å². The van der Waals surface area contributed by atoms with Crippen LogP contribution in [0.1, 0.15) is 40.0 Å². The van der Waals surface area contributed by atoms with E-state index < -0.39 is 0 Å². The highest BCUT2D eigenvalue weighted by atomic mass is 16.2. The largest absolute Gasteiger partial charge is 0.352 e. The van der Waals surface area contributed by atoms with E-state index >= 15 is 0 Å². The van der Waals surface area contributed by atoms with Gasteiger partial charge in [0.1, 0.15) is 0 Å². The van der Waals surface area contributed by atoms with Crippen LogP contribution >= 0.6 is 0 Å². The molecule has 0 heterocycles. The quantitative estimate of drug-likeness (QED) is 0.790. The van der Waals surface area contributed by atoms with Crippen molar-refractivity contribution in [3.63, 3.8) is 0 Å². The second kappa shape index (κ2) is 6.89. The van der Waals surface area contributed by atoms with Crippen molar-refractivity contribution in [1.82, 2.24) is 10.2 Å². The molecule has 1 aliphatic rings. The summed E-state index contributed by atoms with van der Waals surface area (Å²) in [5.74, 6) is 0.391. The molecule has 110 valence electrons. The number of carbonyl (C=O) groups is 2. The van der Waals surface area contributed by atoms with E-state index in [-0.39, 0.29) is 36.4 Å². The SMILES string of the molecule is CC(C)NC(=O)CN(C)C(=O)C1CCC(C)C(N)C1. The van der Waals surface area contributed by atoms with Gasteiger partial charge in [-0.3, -0.25) is 9.59 Å². The average molecular weight is 269 g/mol. The molecular formula is C14H27N3O2. The molecule has 0 bridgehead atoms. The van der Waals surface area contributed by atoms with Gasteiger partial charge in [-0.1, -0.05) is 6.92 Å². The molecule has 0 aromatic carbocycles. The zero-order chi connectivity index (χ0) is 14.6. The lowest BCUT2D eigenvalue weighted by atomic mass is 9.79. The Morgan fingerprint density at radius 3 is 2.53 bits per heavy atom. The maximum atomic E-state index is 12.3. The number of rotatable bonds is 4. The molecule has 0 radical (unpaired) electrons. The summed E-state index contributed by atoms with van der Waals surface area (Å²) in [6.45, 7) is 6.06. The molecule has 0 aliphatic heterocycles. The van der Waals surface area contributed by atoms with Gasteiger partial charge >= 0.3 is 0 Å². The Hall–Kier alpha value is -1.10. The van der Waals surface area contributed by atoms with Crippen LogP contribution in [0.4, 0.5) is 0 Å². The van der Waals surface area contributed by atoms with Crippen LogP contribution in [0.5, 0.6) is 0 Å². The molecule has 1 aliphatic carbocycles. The maximum absolute atomic E-state index is 12.3. The number of hydrogen-bond acceptors (Lipinski definition) is 3. The third-order valence-electron chi connectivity index (χ3n) is 3.81. The van der Waals surface area contributed by atoms with Gasteiger partial charge in [0.2, 0.25) is 11.8 Å². The maximum Gasteiger partial charge on any atom is 0.239 e. The monoisotopic (exact) mass is 269 g/mol. The minimum absolute atomic E-state index is 0.0250. The van der Waals surface area contributed by atoms with E-state index in [1.165, 1.54) is 4.90 Å². The molecule has 0 saturated heterocycles. The van der Waals surface area contributed by atoms with E-state index in [1.54, 1.807) is 7.05 Å². The smallest absolute Gasteiger partial charge is 0.239 e. The topological polar surface area (TPSA) is 75.4 Å². The minimum atomic E-state index is -0.112. The zero-order valence-electron chi connectivity index (χ0n) is 12.5. The first-order valence-corrected chi connectivity index (χ1v) is 7.11. The highest BCUT2D eigenvalue weighted by Crippen LogP contribution is 2.28. The fourth-order valence-corrected chi connectivity index (χ4v) is 2.55. The lowest BCUT2D eigenvalue weighted by molar-refractivity contribution is -0.139. The molecule has 3 atom stereocenters. The van der Waals surface area contributed by atoms with Crippen molar-refractivity contribution < 1.29 is 9.59 Å². The van der Waals surface area contributed by atoms with Gasteiger partial charge in [-0.2, -0.15) is 0 Å². The summed E-state index contributed by atoms with van der Waals surface area (Å²) in [7, 11) is 1.69. The van der Waals surface area contributed by atoms with Crippen LogP contribution in [0.3, 0.4) is 0 Å². The molecule has 1 saturated carbocycles. The molecular weight excluding hydrogens is 242 g/mol. The Morgan fingerprint density at radius 1 is 1.37 bits per heavy atom. The summed E-state index contributed by atoms with van der Waals surface area (Å²) in [5.41, 5.74) is 6.02. The molecule has 1 rings (SSSR count). The molecule has 2 amide bonds. The number of nitrogens with zero attached hydrogens (tertiary/aromatic N) is 1. The van der Waals surface area contributed by atoms with Crippen molar-refractivity contribution in [1.29, 1.82) is 0 Å². The van der Waals surface area contributed by atoms with E-state index in [4.69, 9.17) is 5.73 Å². The van der Waals surface area contributed by atoms with Crippen LogP contribution in [-0.4, -0.2) is 42.4 Å². The second-order valence-electron chi connectivity index (χ2n) is 6.07. The Labute approximate surface area is 115 Å². The molecule has 5 heteroatoms. The standard InChI is InChI=1S/C14H27N3O2/c1-9(2)16-13(18)8-17(4)14(19)11-6-5-10(3)12(15)7-11/h9-12H,5-8,15H2,1-4H3,(H,16,18). The predicted octanol–water partition coefficient (Wildman–Crippen LogP) is 0.733. The van der Waals surface area contributed by atoms with Crippen LogP contribution in [0.15, 0.2) is 0 Å². The Balaban J connectivity index is 2.46. The normalized spacial score (nSPS) is 27.2. The van der Waals surface area contributed by atoms with Gasteiger partial charge in [0.05, 0.1) is 6.54 Å². The van der Waals surface area contributed by atoms with Crippen LogP contribution < -0.4 is 11.1 Å². The predicted molar refractivity (Wildman–Crippen MR) is 75.4 cm³/mol. The first-order valence-electron chi connectivity index (χ1n) is 7.11. The molecule has 0 aromatic heterocycles. The molecule has 3 unspecified atom stereocenters. The van der Waals surface area contributed by atoms with Gasteiger partial charge in [-0.15, -0.1) is 0 Å². The van der Waals surface area contributed by atoms with Crippen LogP contribution in [0.2, 0.25) is 0 Å². The summed E-state index contributed by atoms with van der Waals surface area (Å²) in [5, 5.41) is 2.79. The molecule has 19 heavy (non-hydrogen) atoms. The van der Waals surface area contributed by atoms with Crippen LogP contribution in [0.25, 0.3) is 0 Å². The van der Waals surface area contributed by atoms with E-state index in [0.717, 1.165) is 19.3 Å². The van der Waals surface area contributed by atoms with Crippen molar-refractivity contribution in [3.05, 3.63) is 0 Å². The number of carbonyl (C=O) groups excluding carboxylic acids is 2. The number of likely N-dealkylation sites (N-methyl/N-ethyl adjacent to an activating group) is 1. The highest BCUT2D eigenvalue weighted by molar-refractivity contribution is 5.85. The lowest BCUT2D eigenvalue weighted by Crippen LogP contribution is -2.45. The zero-order valence-corrected chi connectivity index (χ0v) is 12.5. The first-order chi connectivity index (χ1) is 8.81. The van der Waals surface area contributed by atoms with Gasteiger partial charge in [-0.05, 0) is 39.0 Å². The van der Waals surface area contributed by atoms with Crippen molar-refractivity contribution >= 4 is 11.8 Å². The Morgan fingerprint density at radius 2 is 2.00 bits per heavy atom. The van der Waals surface area contributed by atoms with Crippen molar-refractivity contribution in [3.8, 4) is 0 Å². The van der Waals surface area contributed by atoms with Crippen LogP contribution in [-0.2, 0) is 9.59 Å². The number of amides is 2. The van der Waals surface area contributed by atoms with E-state index in [0.29, 0.717) is 5.92 Å². The molecule has 3 N–H and O–H groups in total. The number of nitrogens with one attached hydrogen (secondary N) is 1. The summed E-state index contributed by atoms with van der Waals surface area (Å²) < 4.78 is 0. The first kappa shape index (κ1) is 16.0. The van der Waals surface area contributed by atoms with E-state index in [1.807, 2.05) is 13.8 Å². The summed E-state index contributed by atoms with van der Waals surface area (Å²) in [6.07, 6.45) is 2.60. The van der Waals surface area contributed by atoms with Crippen LogP contribution in [0, 0.1) is 11.8 Å². The Bertz CT molecular complexity index is 331. The summed E-state index contributed by atoms with van der Waals surface area (Å²) >= 11 is 0. The fraction of sp³-hybridized carbons (Fsp3) is 0.857. The summed E-state index contributed by atoms with van der Waals surface area (Å²) in [4.78, 5) is 25.4. The second-order valence-corrected chi connectivity index (χ2v) is 6.07. The molecule has 0 aromatic rings. The highest BCUT2D eigenvalue weighted by Gasteiger charge is 2.31. The van der Waals surface area contributed by atoms with Crippen molar-refractivity contribution in [2.24, 2.45) is 17.6 Å². The third kappa shape index (κ3) is 4.82. The number of nitrogens with two attached hydrogens (primary N) is 1. The molecule has 0 spiro atoms. The molecule has 5 nitrogen and oxygen atoms in total. The fourth-order valence-electron chi connectivity index (χ4n) is 2.55. The summed E-state index contributed by atoms with van der Waals surface area (Å²) in [6, 6.07) is 0.195. The minimum Gasteiger partial charge on any atom is -0.352 e. The van der Waals surface area contributed by atoms with E-state index in [2.05, 4.69) is 12.2 Å². The molecule has 1 fully saturated rings. The van der Waals surface area contributed by atoms with Gasteiger partial charge in [0.15, 0.2) is 0 Å². The van der Waals surface area contributed by atoms with Gasteiger partial charge in [0.25, 0.3) is 0 Å². The van der Waals surface area contributed by atoms with Crippen molar-refractivity contribution in [2.75, 3.05) is 13.6 Å². The van der Waals surface area contributed by atoms with E-state index in [9.17, 15) is 9.59 Å². The van der Waals surface area contributed by atoms with Gasteiger partial charge in [0, 0.05) is 25.0 Å².